The molecule has 0 aromatic heterocycles. The van der Waals surface area contributed by atoms with E-state index in [4.69, 9.17) is 19.4 Å². The van der Waals surface area contributed by atoms with Crippen molar-refractivity contribution < 1.29 is 24.2 Å². The van der Waals surface area contributed by atoms with Crippen molar-refractivity contribution in [3.63, 3.8) is 0 Å². The van der Waals surface area contributed by atoms with E-state index in [2.05, 4.69) is 32.6 Å². The van der Waals surface area contributed by atoms with Crippen LogP contribution in [-0.4, -0.2) is 61.4 Å². The summed E-state index contributed by atoms with van der Waals surface area (Å²) in [5.74, 6) is 1.73. The summed E-state index contributed by atoms with van der Waals surface area (Å²) < 4.78 is 12.3. The fourth-order valence-electron chi connectivity index (χ4n) is 8.59. The highest BCUT2D eigenvalue weighted by molar-refractivity contribution is 5.69. The smallest absolute Gasteiger partial charge is 0.305 e. The van der Waals surface area contributed by atoms with E-state index in [1.807, 2.05) is 0 Å². The van der Waals surface area contributed by atoms with Gasteiger partial charge in [-0.2, -0.15) is 0 Å². The van der Waals surface area contributed by atoms with Crippen LogP contribution in [0.5, 0.6) is 0 Å². The Hall–Kier alpha value is -1.14. The second-order valence-electron chi connectivity index (χ2n) is 17.1. The Bertz CT molecular complexity index is 774. The molecule has 1 rings (SSSR count). The summed E-state index contributed by atoms with van der Waals surface area (Å²) in [7, 11) is 0. The van der Waals surface area contributed by atoms with Crippen LogP contribution < -0.4 is 0 Å². The molecule has 0 bridgehead atoms. The molecule has 3 atom stereocenters. The van der Waals surface area contributed by atoms with Gasteiger partial charge in [0.15, 0.2) is 0 Å². The average molecular weight is 780 g/mol. The number of rotatable bonds is 14. The minimum absolute atomic E-state index is 0.0348. The molecule has 3 unspecified atom stereocenters. The number of ether oxygens (including phenoxy) is 2. The fraction of sp³-hybridized carbons (Fsp3) is 0.959. The number of nitrogens with zero attached hydrogens (tertiary/aromatic N) is 1. The van der Waals surface area contributed by atoms with Crippen LogP contribution in [0.1, 0.15) is 252 Å². The van der Waals surface area contributed by atoms with Gasteiger partial charge in [0.05, 0.1) is 12.7 Å². The molecule has 0 aliphatic carbocycles. The molecule has 55 heavy (non-hydrogen) atoms. The minimum atomic E-state index is -0.250. The molecule has 1 fully saturated rings. The summed E-state index contributed by atoms with van der Waals surface area (Å²) in [5.41, 5.74) is 0. The maximum Gasteiger partial charge on any atom is 0.305 e. The van der Waals surface area contributed by atoms with Crippen LogP contribution >= 0.6 is 0 Å². The number of hydrogen-bond acceptors (Lipinski definition) is 5. The second kappa shape index (κ2) is 44.0. The van der Waals surface area contributed by atoms with Gasteiger partial charge >= 0.3 is 5.97 Å². The molecular weight excluding hydrogens is 683 g/mol. The first-order valence-corrected chi connectivity index (χ1v) is 24.6. The maximum absolute atomic E-state index is 12.5. The lowest BCUT2D eigenvalue weighted by Gasteiger charge is -2.20. The SMILES string of the molecule is CCCCC1CCCCCCCCCCCC(OCCCCN(CC)CC)CCCCCCCCCC(=O)OCCC(CCCC)CCCCCC1.O=CO. The van der Waals surface area contributed by atoms with Crippen molar-refractivity contribution in [2.24, 2.45) is 11.8 Å². The standard InChI is InChI=1S/C48H95NO3.CH2O2/c1-5-9-33-45-35-25-19-15-12-11-13-16-20-28-38-47(51-43-32-31-42-49(7-3)8-4)39-29-21-17-14-18-22-30-40-48(50)52-44-41-46(34-10-6-2)37-27-24-23-26-36-45;2-1-3/h45-47H,5-44H2,1-4H3;1H,(H,2,3). The molecule has 0 radical (unpaired) electrons. The van der Waals surface area contributed by atoms with Gasteiger partial charge in [-0.05, 0) is 70.0 Å². The van der Waals surface area contributed by atoms with E-state index in [0.29, 0.717) is 19.1 Å². The fourth-order valence-corrected chi connectivity index (χ4v) is 8.59. The lowest BCUT2D eigenvalue weighted by atomic mass is 9.89. The summed E-state index contributed by atoms with van der Waals surface area (Å²) in [4.78, 5) is 23.4. The molecule has 1 aliphatic heterocycles. The van der Waals surface area contributed by atoms with Crippen molar-refractivity contribution >= 4 is 12.4 Å². The Morgan fingerprint density at radius 3 is 1.42 bits per heavy atom. The van der Waals surface area contributed by atoms with Crippen molar-refractivity contribution in [1.29, 1.82) is 0 Å². The molecule has 6 nitrogen and oxygen atoms in total. The molecule has 0 aromatic carbocycles. The lowest BCUT2D eigenvalue weighted by molar-refractivity contribution is -0.144. The average Bonchev–Trinajstić information content (AvgIpc) is 3.18. The normalized spacial score (nSPS) is 22.9. The quantitative estimate of drug-likeness (QED) is 0.107. The third-order valence-corrected chi connectivity index (χ3v) is 12.4. The van der Waals surface area contributed by atoms with Crippen molar-refractivity contribution in [3.8, 4) is 0 Å². The number of hydrogen-bond donors (Lipinski definition) is 1. The summed E-state index contributed by atoms with van der Waals surface area (Å²) >= 11 is 0. The predicted octanol–water partition coefficient (Wildman–Crippen LogP) is 14.9. The van der Waals surface area contributed by atoms with E-state index in [0.717, 1.165) is 50.8 Å². The predicted molar refractivity (Wildman–Crippen MR) is 237 cm³/mol. The first kappa shape index (κ1) is 53.9. The van der Waals surface area contributed by atoms with Crippen molar-refractivity contribution in [2.45, 2.75) is 259 Å². The second-order valence-corrected chi connectivity index (χ2v) is 17.1. The lowest BCUT2D eigenvalue weighted by Crippen LogP contribution is -2.24. The van der Waals surface area contributed by atoms with Gasteiger partial charge in [-0.1, -0.05) is 207 Å². The largest absolute Gasteiger partial charge is 0.483 e. The van der Waals surface area contributed by atoms with Crippen molar-refractivity contribution in [2.75, 3.05) is 32.8 Å². The Kier molecular flexibility index (Phi) is 43.1. The number of unbranched alkanes of at least 4 members (excludes halogenated alkanes) is 3. The highest BCUT2D eigenvalue weighted by atomic mass is 16.5. The van der Waals surface area contributed by atoms with Crippen molar-refractivity contribution in [1.82, 2.24) is 4.90 Å². The van der Waals surface area contributed by atoms with E-state index in [-0.39, 0.29) is 12.4 Å². The van der Waals surface area contributed by atoms with Crippen LogP contribution in [0.3, 0.4) is 0 Å². The van der Waals surface area contributed by atoms with Gasteiger partial charge in [0, 0.05) is 13.0 Å². The minimum Gasteiger partial charge on any atom is -0.483 e. The summed E-state index contributed by atoms with van der Waals surface area (Å²) in [6, 6.07) is 0. The van der Waals surface area contributed by atoms with Gasteiger partial charge in [-0.25, -0.2) is 0 Å². The number of carbonyl (C=O) groups excluding carboxylic acids is 1. The summed E-state index contributed by atoms with van der Waals surface area (Å²) in [6.07, 6.45) is 46.4. The molecule has 0 amide bonds. The molecule has 6 heteroatoms. The van der Waals surface area contributed by atoms with Gasteiger partial charge in [-0.15, -0.1) is 0 Å². The molecule has 0 spiro atoms. The topological polar surface area (TPSA) is 76.1 Å². The Morgan fingerprint density at radius 1 is 0.582 bits per heavy atom. The number of carbonyl (C=O) groups is 2. The first-order valence-electron chi connectivity index (χ1n) is 24.6. The van der Waals surface area contributed by atoms with E-state index >= 15 is 0 Å². The molecule has 1 N–H and O–H groups in total. The third-order valence-electron chi connectivity index (χ3n) is 12.4. The molecule has 1 heterocycles. The van der Waals surface area contributed by atoms with Gasteiger partial charge in [0.25, 0.3) is 6.47 Å². The first-order chi connectivity index (χ1) is 27.0. The number of carboxylic acid groups (broad SMARTS) is 1. The van der Waals surface area contributed by atoms with Gasteiger partial charge in [0.2, 0.25) is 0 Å². The molecule has 328 valence electrons. The highest BCUT2D eigenvalue weighted by Gasteiger charge is 2.13. The molecular formula is C49H97NO5. The van der Waals surface area contributed by atoms with Crippen LogP contribution in [-0.2, 0) is 19.1 Å². The van der Waals surface area contributed by atoms with Crippen LogP contribution in [0.4, 0.5) is 0 Å². The van der Waals surface area contributed by atoms with Crippen LogP contribution in [0.2, 0.25) is 0 Å². The Morgan fingerprint density at radius 2 is 0.982 bits per heavy atom. The van der Waals surface area contributed by atoms with Crippen LogP contribution in [0, 0.1) is 11.8 Å². The molecule has 1 saturated heterocycles. The van der Waals surface area contributed by atoms with E-state index in [1.165, 1.54) is 206 Å². The zero-order valence-electron chi connectivity index (χ0n) is 37.6. The maximum atomic E-state index is 12.5. The Balaban J connectivity index is 0.00000938. The van der Waals surface area contributed by atoms with Gasteiger partial charge in [0.1, 0.15) is 0 Å². The number of cyclic esters (lactones) is 1. The van der Waals surface area contributed by atoms with Gasteiger partial charge in [-0.3, -0.25) is 9.59 Å². The highest BCUT2D eigenvalue weighted by Crippen LogP contribution is 2.26. The molecule has 0 aromatic rings. The van der Waals surface area contributed by atoms with Gasteiger partial charge < -0.3 is 19.5 Å². The van der Waals surface area contributed by atoms with E-state index in [1.54, 1.807) is 0 Å². The van der Waals surface area contributed by atoms with Crippen molar-refractivity contribution in [3.05, 3.63) is 0 Å². The Labute approximate surface area is 343 Å². The summed E-state index contributed by atoms with van der Waals surface area (Å²) in [6.45, 7) is 14.0. The molecule has 1 aliphatic rings. The number of esters is 1. The zero-order chi connectivity index (χ0) is 40.3. The van der Waals surface area contributed by atoms with Crippen LogP contribution in [0.15, 0.2) is 0 Å². The van der Waals surface area contributed by atoms with E-state index in [9.17, 15) is 4.79 Å². The third kappa shape index (κ3) is 38.2. The van der Waals surface area contributed by atoms with E-state index < -0.39 is 0 Å². The zero-order valence-corrected chi connectivity index (χ0v) is 37.6. The van der Waals surface area contributed by atoms with Crippen LogP contribution in [0.25, 0.3) is 0 Å². The summed E-state index contributed by atoms with van der Waals surface area (Å²) in [5, 5.41) is 6.89. The molecule has 0 saturated carbocycles. The monoisotopic (exact) mass is 780 g/mol.